The van der Waals surface area contributed by atoms with Gasteiger partial charge in [-0.05, 0) is 6.26 Å². The molecule has 0 saturated carbocycles. The van der Waals surface area contributed by atoms with Crippen LogP contribution < -0.4 is 4.74 Å². The van der Waals surface area contributed by atoms with Crippen molar-refractivity contribution in [3.63, 3.8) is 0 Å². The van der Waals surface area contributed by atoms with Gasteiger partial charge in [0.25, 0.3) is 0 Å². The smallest absolute Gasteiger partial charge is 0.422 e. The maximum atomic E-state index is 13.5. The van der Waals surface area contributed by atoms with Crippen LogP contribution in [0.2, 0.25) is 0 Å². The van der Waals surface area contributed by atoms with Crippen LogP contribution in [0.15, 0.2) is 17.6 Å². The molecule has 2 rings (SSSR count). The van der Waals surface area contributed by atoms with Crippen LogP contribution in [0.5, 0.6) is 5.88 Å². The topological polar surface area (TPSA) is 47.9 Å². The molecule has 2 heterocycles. The summed E-state index contributed by atoms with van der Waals surface area (Å²) in [7, 11) is 0. The molecule has 2 aromatic heterocycles. The average molecular weight is 293 g/mol. The zero-order valence-electron chi connectivity index (χ0n) is 9.53. The minimum Gasteiger partial charge on any atom is -0.467 e. The molecule has 0 amide bonds. The fraction of sp³-hybridized carbons (Fsp3) is 0.300. The summed E-state index contributed by atoms with van der Waals surface area (Å²) in [6.07, 6.45) is -0.799. The fourth-order valence-electron chi connectivity index (χ4n) is 1.32. The van der Waals surface area contributed by atoms with E-state index in [1.165, 1.54) is 0 Å². The zero-order chi connectivity index (χ0) is 14.0. The largest absolute Gasteiger partial charge is 0.467 e. The highest BCUT2D eigenvalue weighted by atomic mass is 32.2. The molecule has 2 aromatic rings. The minimum atomic E-state index is -4.50. The first-order valence-electron chi connectivity index (χ1n) is 4.95. The minimum absolute atomic E-state index is 0.00190. The van der Waals surface area contributed by atoms with Crippen molar-refractivity contribution in [2.75, 3.05) is 12.9 Å². The lowest BCUT2D eigenvalue weighted by Crippen LogP contribution is -2.20. The number of hydrogen-bond donors (Lipinski definition) is 0. The number of fused-ring (bicyclic) bond motifs is 1. The number of rotatable bonds is 3. The third kappa shape index (κ3) is 3.22. The van der Waals surface area contributed by atoms with Crippen molar-refractivity contribution in [2.24, 2.45) is 0 Å². The summed E-state index contributed by atoms with van der Waals surface area (Å²) >= 11 is 1.07. The van der Waals surface area contributed by atoms with Gasteiger partial charge in [-0.15, -0.1) is 0 Å². The first kappa shape index (κ1) is 13.8. The molecular formula is C10H7F4N3OS. The van der Waals surface area contributed by atoms with Gasteiger partial charge in [-0.3, -0.25) is 4.98 Å². The third-order valence-electron chi connectivity index (χ3n) is 2.06. The van der Waals surface area contributed by atoms with Crippen LogP contribution in [0.4, 0.5) is 17.6 Å². The van der Waals surface area contributed by atoms with Crippen molar-refractivity contribution in [1.29, 1.82) is 0 Å². The second-order valence-corrected chi connectivity index (χ2v) is 4.21. The van der Waals surface area contributed by atoms with Gasteiger partial charge in [0.05, 0.1) is 11.6 Å². The van der Waals surface area contributed by atoms with Gasteiger partial charge in [0, 0.05) is 6.20 Å². The predicted octanol–water partition coefficient (Wildman–Crippen LogP) is 2.83. The Labute approximate surface area is 109 Å². The Morgan fingerprint density at radius 1 is 1.26 bits per heavy atom. The van der Waals surface area contributed by atoms with Crippen molar-refractivity contribution >= 4 is 22.7 Å². The molecule has 19 heavy (non-hydrogen) atoms. The van der Waals surface area contributed by atoms with Gasteiger partial charge in [0.15, 0.2) is 17.6 Å². The normalized spacial score (nSPS) is 11.8. The van der Waals surface area contributed by atoms with E-state index in [0.717, 1.165) is 24.2 Å². The number of thioether (sulfide) groups is 1. The maximum absolute atomic E-state index is 13.5. The molecule has 0 aromatic carbocycles. The van der Waals surface area contributed by atoms with Crippen LogP contribution in [0.25, 0.3) is 10.9 Å². The van der Waals surface area contributed by atoms with E-state index in [2.05, 4.69) is 19.7 Å². The standard InChI is InChI=1S/C10H7F4N3OS/c1-19-9-16-7-5(2-15-3-6(7)11)8(17-9)18-4-10(12,13)14/h2-3H,4H2,1H3. The first-order chi connectivity index (χ1) is 8.90. The van der Waals surface area contributed by atoms with Crippen molar-refractivity contribution < 1.29 is 22.3 Å². The highest BCUT2D eigenvalue weighted by molar-refractivity contribution is 7.98. The fourth-order valence-corrected chi connectivity index (χ4v) is 1.67. The number of nitrogens with zero attached hydrogens (tertiary/aromatic N) is 3. The van der Waals surface area contributed by atoms with Gasteiger partial charge in [-0.25, -0.2) is 9.37 Å². The molecule has 0 radical (unpaired) electrons. The van der Waals surface area contributed by atoms with E-state index in [1.54, 1.807) is 6.26 Å². The Morgan fingerprint density at radius 3 is 2.63 bits per heavy atom. The Bertz CT molecular complexity index is 605. The quantitative estimate of drug-likeness (QED) is 0.495. The van der Waals surface area contributed by atoms with Gasteiger partial charge < -0.3 is 4.74 Å². The van der Waals surface area contributed by atoms with Crippen LogP contribution in [0.3, 0.4) is 0 Å². The maximum Gasteiger partial charge on any atom is 0.422 e. The Balaban J connectivity index is 2.49. The van der Waals surface area contributed by atoms with Gasteiger partial charge in [-0.2, -0.15) is 18.2 Å². The monoisotopic (exact) mass is 293 g/mol. The lowest BCUT2D eigenvalue weighted by molar-refractivity contribution is -0.153. The second-order valence-electron chi connectivity index (χ2n) is 3.44. The molecule has 0 aliphatic carbocycles. The van der Waals surface area contributed by atoms with E-state index in [4.69, 9.17) is 0 Å². The molecule has 0 aliphatic heterocycles. The third-order valence-corrected chi connectivity index (χ3v) is 2.61. The summed E-state index contributed by atoms with van der Waals surface area (Å²) in [6, 6.07) is 0. The van der Waals surface area contributed by atoms with Gasteiger partial charge >= 0.3 is 6.18 Å². The molecule has 0 fully saturated rings. The molecule has 0 aliphatic rings. The Kier molecular flexibility index (Phi) is 3.74. The molecule has 0 bridgehead atoms. The van der Waals surface area contributed by atoms with E-state index >= 15 is 0 Å². The van der Waals surface area contributed by atoms with Crippen molar-refractivity contribution in [2.45, 2.75) is 11.3 Å². The zero-order valence-corrected chi connectivity index (χ0v) is 10.3. The number of alkyl halides is 3. The highest BCUT2D eigenvalue weighted by Gasteiger charge is 2.29. The molecule has 4 nitrogen and oxygen atoms in total. The van der Waals surface area contributed by atoms with Crippen LogP contribution in [0.1, 0.15) is 0 Å². The van der Waals surface area contributed by atoms with Crippen molar-refractivity contribution in [1.82, 2.24) is 15.0 Å². The summed E-state index contributed by atoms with van der Waals surface area (Å²) in [5.74, 6) is -1.08. The van der Waals surface area contributed by atoms with E-state index in [1.807, 2.05) is 0 Å². The van der Waals surface area contributed by atoms with Crippen molar-refractivity contribution in [3.05, 3.63) is 18.2 Å². The summed E-state index contributed by atoms with van der Waals surface area (Å²) in [4.78, 5) is 11.2. The first-order valence-corrected chi connectivity index (χ1v) is 6.18. The molecule has 0 atom stereocenters. The van der Waals surface area contributed by atoms with Gasteiger partial charge in [0.1, 0.15) is 5.52 Å². The molecule has 0 unspecified atom stereocenters. The summed E-state index contributed by atoms with van der Waals surface area (Å²) in [6.45, 7) is -1.51. The van der Waals surface area contributed by atoms with Gasteiger partial charge in [-0.1, -0.05) is 11.8 Å². The van der Waals surface area contributed by atoms with Crippen LogP contribution in [-0.4, -0.2) is 34.0 Å². The highest BCUT2D eigenvalue weighted by Crippen LogP contribution is 2.27. The van der Waals surface area contributed by atoms with E-state index < -0.39 is 18.6 Å². The molecule has 0 saturated heterocycles. The number of pyridine rings is 1. The number of aromatic nitrogens is 3. The number of halogens is 4. The number of ether oxygens (including phenoxy) is 1. The molecule has 0 N–H and O–H groups in total. The van der Waals surface area contributed by atoms with Crippen LogP contribution in [-0.2, 0) is 0 Å². The summed E-state index contributed by atoms with van der Waals surface area (Å²) in [5.41, 5.74) is -0.119. The van der Waals surface area contributed by atoms with E-state index in [-0.39, 0.29) is 21.9 Å². The summed E-state index contributed by atoms with van der Waals surface area (Å²) in [5, 5.41) is 0.122. The lowest BCUT2D eigenvalue weighted by Gasteiger charge is -2.11. The van der Waals surface area contributed by atoms with E-state index in [9.17, 15) is 17.6 Å². The molecule has 9 heteroatoms. The summed E-state index contributed by atoms with van der Waals surface area (Å²) < 4.78 is 54.5. The van der Waals surface area contributed by atoms with E-state index in [0.29, 0.717) is 0 Å². The lowest BCUT2D eigenvalue weighted by atomic mass is 10.3. The van der Waals surface area contributed by atoms with Crippen LogP contribution in [0, 0.1) is 5.82 Å². The molecule has 102 valence electrons. The Morgan fingerprint density at radius 2 is 2.00 bits per heavy atom. The molecular weight excluding hydrogens is 286 g/mol. The number of hydrogen-bond acceptors (Lipinski definition) is 5. The second kappa shape index (κ2) is 5.16. The predicted molar refractivity (Wildman–Crippen MR) is 60.6 cm³/mol. The van der Waals surface area contributed by atoms with Crippen molar-refractivity contribution in [3.8, 4) is 5.88 Å². The van der Waals surface area contributed by atoms with Gasteiger partial charge in [0.2, 0.25) is 5.88 Å². The Hall–Kier alpha value is -1.64. The molecule has 0 spiro atoms. The SMILES string of the molecule is CSc1nc(OCC(F)(F)F)c2cncc(F)c2n1. The average Bonchev–Trinajstić information content (AvgIpc) is 2.35. The van der Waals surface area contributed by atoms with Crippen LogP contribution >= 0.6 is 11.8 Å².